The number of rotatable bonds is 12. The zero-order chi connectivity index (χ0) is 28.3. The van der Waals surface area contributed by atoms with Crippen LogP contribution in [0.25, 0.3) is 0 Å². The van der Waals surface area contributed by atoms with E-state index < -0.39 is 28.9 Å². The molecule has 0 spiro atoms. The molecule has 0 aliphatic carbocycles. The van der Waals surface area contributed by atoms with Gasteiger partial charge in [0.25, 0.3) is 0 Å². The maximum Gasteiger partial charge on any atom is 0.417 e. The van der Waals surface area contributed by atoms with Crippen LogP contribution in [0.15, 0.2) is 60.8 Å². The number of hydrogen-bond donors (Lipinski definition) is 3. The number of urea groups is 1. The minimum absolute atomic E-state index is 0.0605. The number of pyridine rings is 1. The van der Waals surface area contributed by atoms with Crippen LogP contribution in [0.3, 0.4) is 0 Å². The Morgan fingerprint density at radius 3 is 2.23 bits per heavy atom. The molecule has 0 unspecified atom stereocenters. The van der Waals surface area contributed by atoms with Crippen molar-refractivity contribution < 1.29 is 37.0 Å². The highest BCUT2D eigenvalue weighted by Gasteiger charge is 2.33. The van der Waals surface area contributed by atoms with Crippen LogP contribution in [0.2, 0.25) is 5.02 Å². The summed E-state index contributed by atoms with van der Waals surface area (Å²) < 4.78 is 55.2. The number of carbonyl (C=O) groups is 2. The van der Waals surface area contributed by atoms with Gasteiger partial charge in [0.05, 0.1) is 23.8 Å². The fourth-order valence-corrected chi connectivity index (χ4v) is 3.52. The van der Waals surface area contributed by atoms with Gasteiger partial charge < -0.3 is 30.6 Å². The van der Waals surface area contributed by atoms with Gasteiger partial charge in [0.15, 0.2) is 0 Å². The number of benzene rings is 2. The second-order valence-corrected chi connectivity index (χ2v) is 8.57. The number of nitrogens with one attached hydrogen (secondary N) is 2. The van der Waals surface area contributed by atoms with E-state index in [9.17, 15) is 22.8 Å². The molecule has 1 heterocycles. The zero-order valence-corrected chi connectivity index (χ0v) is 21.3. The molecule has 39 heavy (non-hydrogen) atoms. The topological polar surface area (TPSA) is 125 Å². The molecule has 0 bridgehead atoms. The number of anilines is 2. The van der Waals surface area contributed by atoms with Gasteiger partial charge in [-0.05, 0) is 74.2 Å². The molecule has 4 N–H and O–H groups in total. The summed E-state index contributed by atoms with van der Waals surface area (Å²) in [5, 5.41) is 4.42. The summed E-state index contributed by atoms with van der Waals surface area (Å²) in [6.45, 7) is 0.764. The molecule has 1 aromatic heterocycles. The van der Waals surface area contributed by atoms with Crippen LogP contribution < -0.4 is 25.8 Å². The number of amides is 3. The van der Waals surface area contributed by atoms with Crippen LogP contribution in [0, 0.1) is 0 Å². The molecule has 3 aromatic rings. The fraction of sp³-hybridized carbons (Fsp3) is 0.269. The van der Waals surface area contributed by atoms with Crippen LogP contribution in [0.5, 0.6) is 17.4 Å². The van der Waals surface area contributed by atoms with Gasteiger partial charge >= 0.3 is 18.3 Å². The van der Waals surface area contributed by atoms with Gasteiger partial charge in [-0.3, -0.25) is 0 Å². The smallest absolute Gasteiger partial charge is 0.417 e. The third-order valence-electron chi connectivity index (χ3n) is 5.12. The molecule has 0 saturated heterocycles. The lowest BCUT2D eigenvalue weighted by atomic mass is 10.2. The van der Waals surface area contributed by atoms with Gasteiger partial charge in [-0.25, -0.2) is 14.6 Å². The van der Waals surface area contributed by atoms with Crippen LogP contribution >= 0.6 is 11.6 Å². The van der Waals surface area contributed by atoms with Crippen molar-refractivity contribution >= 4 is 35.1 Å². The molecule has 0 aliphatic rings. The minimum atomic E-state index is -4.65. The predicted octanol–water partition coefficient (Wildman–Crippen LogP) is 7.22. The summed E-state index contributed by atoms with van der Waals surface area (Å²) in [4.78, 5) is 26.9. The molecule has 2 aromatic carbocycles. The van der Waals surface area contributed by atoms with Crippen LogP contribution in [-0.2, 0) is 10.9 Å². The van der Waals surface area contributed by atoms with Crippen LogP contribution in [0.4, 0.5) is 34.1 Å². The summed E-state index contributed by atoms with van der Waals surface area (Å²) >= 11 is 5.60. The molecule has 13 heteroatoms. The lowest BCUT2D eigenvalue weighted by Gasteiger charge is -2.13. The monoisotopic (exact) mass is 566 g/mol. The number of aromatic nitrogens is 1. The van der Waals surface area contributed by atoms with Crippen molar-refractivity contribution in [1.29, 1.82) is 0 Å². The maximum absolute atomic E-state index is 13.0. The SMILES string of the molecule is NC(=O)OCCCCCCOc1cc(Oc2ccc(NC(=O)Nc3ccc(Cl)c(C(F)(F)F)c3)cc2)ccn1. The normalized spacial score (nSPS) is 11.0. The Kier molecular flexibility index (Phi) is 10.6. The van der Waals surface area contributed by atoms with Gasteiger partial charge in [-0.2, -0.15) is 13.2 Å². The maximum atomic E-state index is 13.0. The first-order valence-electron chi connectivity index (χ1n) is 11.8. The Morgan fingerprint density at radius 2 is 1.54 bits per heavy atom. The zero-order valence-electron chi connectivity index (χ0n) is 20.6. The summed E-state index contributed by atoms with van der Waals surface area (Å²) in [5.41, 5.74) is 4.19. The highest BCUT2D eigenvalue weighted by Crippen LogP contribution is 2.36. The third-order valence-corrected chi connectivity index (χ3v) is 5.45. The molecule has 0 atom stereocenters. The number of nitrogens with two attached hydrogens (primary N) is 1. The Bertz CT molecular complexity index is 1260. The number of ether oxygens (including phenoxy) is 3. The van der Waals surface area contributed by atoms with E-state index in [1.165, 1.54) is 6.07 Å². The van der Waals surface area contributed by atoms with Crippen molar-refractivity contribution in [3.8, 4) is 17.4 Å². The molecule has 3 amide bonds. The summed E-state index contributed by atoms with van der Waals surface area (Å²) in [5.74, 6) is 1.37. The fourth-order valence-electron chi connectivity index (χ4n) is 3.30. The average Bonchev–Trinajstić information content (AvgIpc) is 2.87. The molecule has 0 fully saturated rings. The Labute approximate surface area is 227 Å². The van der Waals surface area contributed by atoms with E-state index in [0.717, 1.165) is 37.8 Å². The lowest BCUT2D eigenvalue weighted by Crippen LogP contribution is -2.19. The number of alkyl halides is 3. The molecule has 208 valence electrons. The first-order valence-corrected chi connectivity index (χ1v) is 12.2. The number of halogens is 4. The van der Waals surface area contributed by atoms with Gasteiger partial charge in [0, 0.05) is 23.6 Å². The molecule has 3 rings (SSSR count). The van der Waals surface area contributed by atoms with Crippen LogP contribution in [0.1, 0.15) is 31.2 Å². The van der Waals surface area contributed by atoms with E-state index in [0.29, 0.717) is 36.3 Å². The van der Waals surface area contributed by atoms with Gasteiger partial charge in [-0.1, -0.05) is 11.6 Å². The van der Waals surface area contributed by atoms with Gasteiger partial charge in [0.1, 0.15) is 11.5 Å². The molecular formula is C26H26ClF3N4O5. The largest absolute Gasteiger partial charge is 0.478 e. The van der Waals surface area contributed by atoms with E-state index in [2.05, 4.69) is 20.4 Å². The number of hydrogen-bond acceptors (Lipinski definition) is 6. The molecule has 0 aliphatic heterocycles. The average molecular weight is 567 g/mol. The molecule has 0 saturated carbocycles. The second-order valence-electron chi connectivity index (χ2n) is 8.16. The van der Waals surface area contributed by atoms with E-state index in [1.54, 1.807) is 42.6 Å². The molecular weight excluding hydrogens is 541 g/mol. The number of nitrogens with zero attached hydrogens (tertiary/aromatic N) is 1. The van der Waals surface area contributed by atoms with Crippen LogP contribution in [-0.4, -0.2) is 30.3 Å². The van der Waals surface area contributed by atoms with Crippen molar-refractivity contribution in [2.45, 2.75) is 31.9 Å². The molecule has 9 nitrogen and oxygen atoms in total. The Hall–Kier alpha value is -4.19. The second kappa shape index (κ2) is 14.1. The van der Waals surface area contributed by atoms with Crippen molar-refractivity contribution in [2.24, 2.45) is 5.73 Å². The number of carbonyl (C=O) groups excluding carboxylic acids is 2. The first-order chi connectivity index (χ1) is 18.6. The van der Waals surface area contributed by atoms with E-state index >= 15 is 0 Å². The molecule has 0 radical (unpaired) electrons. The predicted molar refractivity (Wildman–Crippen MR) is 139 cm³/mol. The quantitative estimate of drug-likeness (QED) is 0.199. The van der Waals surface area contributed by atoms with Crippen molar-refractivity contribution in [3.05, 3.63) is 71.4 Å². The summed E-state index contributed by atoms with van der Waals surface area (Å²) in [6.07, 6.45) is -0.571. The highest BCUT2D eigenvalue weighted by atomic mass is 35.5. The standard InChI is InChI=1S/C26H26ClF3N4O5/c27-22-10-7-18(15-21(22)26(28,29)30)34-25(36)33-17-5-8-19(9-6-17)39-20-11-12-32-23(16-20)37-13-3-1-2-4-14-38-24(31)35/h5-12,15-16H,1-4,13-14H2,(H2,31,35)(H2,33,34,36). The highest BCUT2D eigenvalue weighted by molar-refractivity contribution is 6.31. The van der Waals surface area contributed by atoms with Crippen molar-refractivity contribution in [1.82, 2.24) is 4.98 Å². The number of primary amides is 1. The first kappa shape index (κ1) is 29.4. The minimum Gasteiger partial charge on any atom is -0.478 e. The Morgan fingerprint density at radius 1 is 0.872 bits per heavy atom. The van der Waals surface area contributed by atoms with E-state index in [-0.39, 0.29) is 5.69 Å². The van der Waals surface area contributed by atoms with Gasteiger partial charge in [-0.15, -0.1) is 0 Å². The Balaban J connectivity index is 1.44. The van der Waals surface area contributed by atoms with E-state index in [4.69, 9.17) is 26.8 Å². The van der Waals surface area contributed by atoms with E-state index in [1.807, 2.05) is 0 Å². The van der Waals surface area contributed by atoms with Gasteiger partial charge in [0.2, 0.25) is 5.88 Å². The summed E-state index contributed by atoms with van der Waals surface area (Å²) in [6, 6.07) is 12.0. The van der Waals surface area contributed by atoms with Crippen molar-refractivity contribution in [3.63, 3.8) is 0 Å². The number of unbranched alkanes of at least 4 members (excludes halogenated alkanes) is 3. The summed E-state index contributed by atoms with van der Waals surface area (Å²) in [7, 11) is 0. The lowest BCUT2D eigenvalue weighted by molar-refractivity contribution is -0.137. The third kappa shape index (κ3) is 10.2. The van der Waals surface area contributed by atoms with Crippen molar-refractivity contribution in [2.75, 3.05) is 23.8 Å².